The van der Waals surface area contributed by atoms with Crippen LogP contribution in [0.2, 0.25) is 5.02 Å². The van der Waals surface area contributed by atoms with E-state index in [2.05, 4.69) is 13.8 Å². The third kappa shape index (κ3) is 3.11. The number of halogens is 1. The molecule has 2 N–H and O–H groups in total. The first-order valence-electron chi connectivity index (χ1n) is 5.01. The summed E-state index contributed by atoms with van der Waals surface area (Å²) in [6, 6.07) is 5.69. The topological polar surface area (TPSA) is 35.2 Å². The highest BCUT2D eigenvalue weighted by atomic mass is 35.5. The number of benzene rings is 1. The molecule has 0 aliphatic heterocycles. The second-order valence-electron chi connectivity index (χ2n) is 4.47. The van der Waals surface area contributed by atoms with Crippen molar-refractivity contribution in [1.82, 2.24) is 0 Å². The Balaban J connectivity index is 3.02. The van der Waals surface area contributed by atoms with Gasteiger partial charge in [-0.05, 0) is 30.5 Å². The van der Waals surface area contributed by atoms with Gasteiger partial charge in [0.2, 0.25) is 0 Å². The number of methoxy groups -OCH3 is 1. The van der Waals surface area contributed by atoms with Crippen molar-refractivity contribution in [2.75, 3.05) is 13.7 Å². The molecule has 15 heavy (non-hydrogen) atoms. The third-order valence-corrected chi connectivity index (χ3v) is 2.86. The molecule has 84 valence electrons. The first-order chi connectivity index (χ1) is 7.00. The summed E-state index contributed by atoms with van der Waals surface area (Å²) < 4.78 is 5.29. The molecule has 0 heterocycles. The number of hydrogen-bond acceptors (Lipinski definition) is 2. The predicted molar refractivity (Wildman–Crippen MR) is 64.5 cm³/mol. The van der Waals surface area contributed by atoms with Gasteiger partial charge < -0.3 is 10.5 Å². The van der Waals surface area contributed by atoms with Gasteiger partial charge in [-0.1, -0.05) is 31.5 Å². The van der Waals surface area contributed by atoms with Crippen molar-refractivity contribution in [3.63, 3.8) is 0 Å². The minimum Gasteiger partial charge on any atom is -0.496 e. The molecule has 0 aliphatic carbocycles. The summed E-state index contributed by atoms with van der Waals surface area (Å²) in [7, 11) is 1.66. The van der Waals surface area contributed by atoms with E-state index in [0.717, 1.165) is 22.8 Å². The zero-order chi connectivity index (χ0) is 11.5. The maximum atomic E-state index is 6.15. The Bertz CT molecular complexity index is 336. The molecule has 0 aliphatic rings. The number of nitrogens with two attached hydrogens (primary N) is 1. The highest BCUT2D eigenvalue weighted by molar-refractivity contribution is 6.31. The Kier molecular flexibility index (Phi) is 4.00. The Morgan fingerprint density at radius 2 is 2.07 bits per heavy atom. The molecule has 1 rings (SSSR count). The van der Waals surface area contributed by atoms with Gasteiger partial charge in [0.1, 0.15) is 5.75 Å². The summed E-state index contributed by atoms with van der Waals surface area (Å²) in [6.45, 7) is 4.87. The van der Waals surface area contributed by atoms with Crippen molar-refractivity contribution in [2.24, 2.45) is 11.1 Å². The highest BCUT2D eigenvalue weighted by Gasteiger charge is 2.20. The minimum atomic E-state index is 0.0400. The highest BCUT2D eigenvalue weighted by Crippen LogP contribution is 2.32. The van der Waals surface area contributed by atoms with Crippen LogP contribution in [0, 0.1) is 5.41 Å². The second kappa shape index (κ2) is 4.86. The van der Waals surface area contributed by atoms with Gasteiger partial charge in [0.15, 0.2) is 0 Å². The molecule has 0 fully saturated rings. The van der Waals surface area contributed by atoms with Crippen LogP contribution in [0.4, 0.5) is 0 Å². The van der Waals surface area contributed by atoms with E-state index in [1.54, 1.807) is 7.11 Å². The standard InChI is InChI=1S/C12H18ClNO/c1-12(2,8-14)7-9-10(13)5-4-6-11(9)15-3/h4-6H,7-8,14H2,1-3H3. The smallest absolute Gasteiger partial charge is 0.123 e. The molecule has 1 aromatic rings. The lowest BCUT2D eigenvalue weighted by Gasteiger charge is -2.24. The van der Waals surface area contributed by atoms with Gasteiger partial charge in [-0.2, -0.15) is 0 Å². The SMILES string of the molecule is COc1cccc(Cl)c1CC(C)(C)CN. The maximum Gasteiger partial charge on any atom is 0.123 e. The number of rotatable bonds is 4. The van der Waals surface area contributed by atoms with E-state index in [1.165, 1.54) is 0 Å². The number of hydrogen-bond donors (Lipinski definition) is 1. The Hall–Kier alpha value is -0.730. The molecule has 2 nitrogen and oxygen atoms in total. The average Bonchev–Trinajstić information content (AvgIpc) is 2.21. The van der Waals surface area contributed by atoms with Gasteiger partial charge >= 0.3 is 0 Å². The fraction of sp³-hybridized carbons (Fsp3) is 0.500. The Morgan fingerprint density at radius 3 is 2.60 bits per heavy atom. The molecule has 0 spiro atoms. The fourth-order valence-corrected chi connectivity index (χ4v) is 1.69. The lowest BCUT2D eigenvalue weighted by atomic mass is 9.85. The monoisotopic (exact) mass is 227 g/mol. The summed E-state index contributed by atoms with van der Waals surface area (Å²) in [5, 5.41) is 0.746. The van der Waals surface area contributed by atoms with E-state index in [4.69, 9.17) is 22.1 Å². The maximum absolute atomic E-state index is 6.15. The normalized spacial score (nSPS) is 11.5. The molecule has 0 atom stereocenters. The quantitative estimate of drug-likeness (QED) is 0.859. The first kappa shape index (κ1) is 12.3. The van der Waals surface area contributed by atoms with Crippen LogP contribution in [0.1, 0.15) is 19.4 Å². The largest absolute Gasteiger partial charge is 0.496 e. The zero-order valence-corrected chi connectivity index (χ0v) is 10.3. The third-order valence-electron chi connectivity index (χ3n) is 2.50. The van der Waals surface area contributed by atoms with E-state index in [9.17, 15) is 0 Å². The molecule has 0 saturated carbocycles. The van der Waals surface area contributed by atoms with E-state index in [0.29, 0.717) is 6.54 Å². The van der Waals surface area contributed by atoms with Gasteiger partial charge in [-0.25, -0.2) is 0 Å². The fourth-order valence-electron chi connectivity index (χ4n) is 1.45. The molecule has 0 unspecified atom stereocenters. The van der Waals surface area contributed by atoms with E-state index >= 15 is 0 Å². The molecule has 0 aromatic heterocycles. The molecule has 0 amide bonds. The van der Waals surface area contributed by atoms with Crippen LogP contribution >= 0.6 is 11.6 Å². The molecule has 0 radical (unpaired) electrons. The van der Waals surface area contributed by atoms with Crippen LogP contribution in [0.25, 0.3) is 0 Å². The lowest BCUT2D eigenvalue weighted by Crippen LogP contribution is -2.26. The van der Waals surface area contributed by atoms with Gasteiger partial charge in [-0.15, -0.1) is 0 Å². The molecule has 1 aromatic carbocycles. The minimum absolute atomic E-state index is 0.0400. The molecule has 3 heteroatoms. The van der Waals surface area contributed by atoms with Crippen LogP contribution in [0.5, 0.6) is 5.75 Å². The zero-order valence-electron chi connectivity index (χ0n) is 9.51. The molecular weight excluding hydrogens is 210 g/mol. The van der Waals surface area contributed by atoms with E-state index in [-0.39, 0.29) is 5.41 Å². The van der Waals surface area contributed by atoms with Gasteiger partial charge in [0.05, 0.1) is 7.11 Å². The predicted octanol–water partition coefficient (Wildman–Crippen LogP) is 2.88. The molecule has 0 saturated heterocycles. The Labute approximate surface area is 96.4 Å². The van der Waals surface area contributed by atoms with Crippen molar-refractivity contribution in [1.29, 1.82) is 0 Å². The van der Waals surface area contributed by atoms with Crippen LogP contribution in [-0.2, 0) is 6.42 Å². The molecule has 0 bridgehead atoms. The van der Waals surface area contributed by atoms with E-state index < -0.39 is 0 Å². The lowest BCUT2D eigenvalue weighted by molar-refractivity contribution is 0.359. The van der Waals surface area contributed by atoms with Crippen molar-refractivity contribution >= 4 is 11.6 Å². The van der Waals surface area contributed by atoms with Gasteiger partial charge in [-0.3, -0.25) is 0 Å². The summed E-state index contributed by atoms with van der Waals surface area (Å²) in [4.78, 5) is 0. The average molecular weight is 228 g/mol. The summed E-state index contributed by atoms with van der Waals surface area (Å²) in [5.41, 5.74) is 6.79. The van der Waals surface area contributed by atoms with Crippen LogP contribution in [0.3, 0.4) is 0 Å². The van der Waals surface area contributed by atoms with Gasteiger partial charge in [0.25, 0.3) is 0 Å². The van der Waals surface area contributed by atoms with Crippen LogP contribution in [0.15, 0.2) is 18.2 Å². The number of ether oxygens (including phenoxy) is 1. The summed E-state index contributed by atoms with van der Waals surface area (Å²) in [6.07, 6.45) is 0.826. The first-order valence-corrected chi connectivity index (χ1v) is 5.39. The van der Waals surface area contributed by atoms with Crippen LogP contribution < -0.4 is 10.5 Å². The van der Waals surface area contributed by atoms with Crippen LogP contribution in [-0.4, -0.2) is 13.7 Å². The molecular formula is C12H18ClNO. The summed E-state index contributed by atoms with van der Waals surface area (Å²) in [5.74, 6) is 0.837. The van der Waals surface area contributed by atoms with Gasteiger partial charge in [0, 0.05) is 10.6 Å². The summed E-state index contributed by atoms with van der Waals surface area (Å²) >= 11 is 6.15. The van der Waals surface area contributed by atoms with Crippen molar-refractivity contribution in [3.8, 4) is 5.75 Å². The van der Waals surface area contributed by atoms with Crippen molar-refractivity contribution < 1.29 is 4.74 Å². The van der Waals surface area contributed by atoms with Crippen molar-refractivity contribution in [2.45, 2.75) is 20.3 Å². The van der Waals surface area contributed by atoms with E-state index in [1.807, 2.05) is 18.2 Å². The Morgan fingerprint density at radius 1 is 1.40 bits per heavy atom. The van der Waals surface area contributed by atoms with Crippen molar-refractivity contribution in [3.05, 3.63) is 28.8 Å². The second-order valence-corrected chi connectivity index (χ2v) is 4.87.